The van der Waals surface area contributed by atoms with Gasteiger partial charge in [-0.25, -0.2) is 4.98 Å². The van der Waals surface area contributed by atoms with Gasteiger partial charge in [0.25, 0.3) is 5.56 Å². The second-order valence-corrected chi connectivity index (χ2v) is 7.55. The molecule has 0 radical (unpaired) electrons. The third kappa shape index (κ3) is 3.37. The normalized spacial score (nSPS) is 18.4. The average Bonchev–Trinajstić information content (AvgIpc) is 2.88. The van der Waals surface area contributed by atoms with E-state index in [9.17, 15) is 9.59 Å². The van der Waals surface area contributed by atoms with Gasteiger partial charge < -0.3 is 9.47 Å². The van der Waals surface area contributed by atoms with Crippen molar-refractivity contribution in [1.82, 2.24) is 9.55 Å². The van der Waals surface area contributed by atoms with Crippen LogP contribution in [0.1, 0.15) is 30.7 Å². The van der Waals surface area contributed by atoms with Crippen LogP contribution in [-0.2, 0) is 33.7 Å². The van der Waals surface area contributed by atoms with Gasteiger partial charge in [0.15, 0.2) is 0 Å². The van der Waals surface area contributed by atoms with Gasteiger partial charge in [-0.3, -0.25) is 14.2 Å². The van der Waals surface area contributed by atoms with E-state index in [-0.39, 0.29) is 18.2 Å². The smallest absolute Gasteiger partial charge is 0.326 e. The maximum Gasteiger partial charge on any atom is 0.326 e. The Bertz CT molecular complexity index is 811. The van der Waals surface area contributed by atoms with Crippen LogP contribution in [-0.4, -0.2) is 35.3 Å². The molecular formula is C17H22N2O4S. The number of methoxy groups -OCH3 is 1. The van der Waals surface area contributed by atoms with Crippen LogP contribution in [0.25, 0.3) is 10.2 Å². The van der Waals surface area contributed by atoms with Crippen molar-refractivity contribution in [3.05, 3.63) is 27.1 Å². The molecule has 0 fully saturated rings. The number of carbonyl (C=O) groups excluding carboxylic acids is 1. The van der Waals surface area contributed by atoms with E-state index in [4.69, 9.17) is 9.47 Å². The van der Waals surface area contributed by atoms with Gasteiger partial charge in [0.05, 0.1) is 18.3 Å². The highest BCUT2D eigenvalue weighted by Crippen LogP contribution is 2.35. The number of aryl methyl sites for hydroxylation is 1. The lowest BCUT2D eigenvalue weighted by Gasteiger charge is -2.17. The molecule has 3 rings (SSSR count). The van der Waals surface area contributed by atoms with E-state index in [0.717, 1.165) is 29.7 Å². The molecule has 0 saturated heterocycles. The summed E-state index contributed by atoms with van der Waals surface area (Å²) in [5.41, 5.74) is 0.976. The second-order valence-electron chi connectivity index (χ2n) is 6.47. The number of carbonyl (C=O) groups is 1. The fourth-order valence-electron chi connectivity index (χ4n) is 3.15. The third-order valence-electron chi connectivity index (χ3n) is 4.32. The predicted molar refractivity (Wildman–Crippen MR) is 92.5 cm³/mol. The van der Waals surface area contributed by atoms with Crippen LogP contribution in [0.5, 0.6) is 0 Å². The summed E-state index contributed by atoms with van der Waals surface area (Å²) < 4.78 is 11.5. The highest BCUT2D eigenvalue weighted by Gasteiger charge is 2.23. The van der Waals surface area contributed by atoms with E-state index in [1.807, 2.05) is 0 Å². The Morgan fingerprint density at radius 3 is 3.08 bits per heavy atom. The van der Waals surface area contributed by atoms with Crippen LogP contribution in [0, 0.1) is 5.92 Å². The standard InChI is InChI=1S/C17H22N2O4S/c1-10-4-5-12-13(6-10)24-16-15(12)17(21)19(9-18-16)7-14(20)23-11(2)8-22-3/h9-11H,4-8H2,1-3H3. The van der Waals surface area contributed by atoms with Gasteiger partial charge >= 0.3 is 5.97 Å². The SMILES string of the molecule is COCC(C)OC(=O)Cn1cnc2sc3c(c2c1=O)CCC(C)C3. The number of thiophene rings is 1. The summed E-state index contributed by atoms with van der Waals surface area (Å²) in [5, 5.41) is 0.683. The molecule has 130 valence electrons. The Kier molecular flexibility index (Phi) is 5.01. The third-order valence-corrected chi connectivity index (χ3v) is 5.48. The minimum atomic E-state index is -0.458. The molecule has 0 bridgehead atoms. The largest absolute Gasteiger partial charge is 0.459 e. The number of hydrogen-bond acceptors (Lipinski definition) is 6. The summed E-state index contributed by atoms with van der Waals surface area (Å²) in [6.07, 6.45) is 4.10. The second kappa shape index (κ2) is 7.03. The molecule has 0 aromatic carbocycles. The van der Waals surface area contributed by atoms with E-state index < -0.39 is 5.97 Å². The van der Waals surface area contributed by atoms with Crippen molar-refractivity contribution in [3.8, 4) is 0 Å². The zero-order valence-electron chi connectivity index (χ0n) is 14.2. The van der Waals surface area contributed by atoms with Crippen LogP contribution in [0.3, 0.4) is 0 Å². The summed E-state index contributed by atoms with van der Waals surface area (Å²) in [4.78, 5) is 31.2. The summed E-state index contributed by atoms with van der Waals surface area (Å²) in [7, 11) is 1.55. The van der Waals surface area contributed by atoms with Crippen molar-refractivity contribution < 1.29 is 14.3 Å². The first-order valence-corrected chi connectivity index (χ1v) is 8.99. The predicted octanol–water partition coefficient (Wildman–Crippen LogP) is 2.16. The highest BCUT2D eigenvalue weighted by molar-refractivity contribution is 7.18. The number of nitrogens with zero attached hydrogens (tertiary/aromatic N) is 2. The maximum atomic E-state index is 12.8. The van der Waals surface area contributed by atoms with Crippen LogP contribution in [0.4, 0.5) is 0 Å². The maximum absolute atomic E-state index is 12.8. The molecule has 6 nitrogen and oxygen atoms in total. The Morgan fingerprint density at radius 2 is 2.33 bits per heavy atom. The van der Waals surface area contributed by atoms with Crippen LogP contribution < -0.4 is 5.56 Å². The molecule has 0 aliphatic heterocycles. The van der Waals surface area contributed by atoms with Crippen molar-refractivity contribution in [2.45, 2.75) is 45.8 Å². The molecule has 2 aromatic rings. The zero-order chi connectivity index (χ0) is 17.3. The molecule has 2 atom stereocenters. The molecule has 2 heterocycles. The molecule has 1 aliphatic rings. The number of fused-ring (bicyclic) bond motifs is 3. The molecular weight excluding hydrogens is 328 g/mol. The molecule has 2 unspecified atom stereocenters. The van der Waals surface area contributed by atoms with Crippen molar-refractivity contribution in [2.75, 3.05) is 13.7 Å². The Hall–Kier alpha value is -1.73. The fourth-order valence-corrected chi connectivity index (χ4v) is 4.49. The van der Waals surface area contributed by atoms with Crippen LogP contribution in [0.15, 0.2) is 11.1 Å². The van der Waals surface area contributed by atoms with Crippen molar-refractivity contribution in [3.63, 3.8) is 0 Å². The van der Waals surface area contributed by atoms with E-state index in [1.165, 1.54) is 15.8 Å². The summed E-state index contributed by atoms with van der Waals surface area (Å²) in [6.45, 7) is 4.18. The van der Waals surface area contributed by atoms with Gasteiger partial charge in [-0.15, -0.1) is 11.3 Å². The number of esters is 1. The van der Waals surface area contributed by atoms with Gasteiger partial charge in [-0.2, -0.15) is 0 Å². The lowest BCUT2D eigenvalue weighted by atomic mass is 9.89. The Balaban J connectivity index is 1.86. The summed E-state index contributed by atoms with van der Waals surface area (Å²) in [5.74, 6) is 0.186. The average molecular weight is 350 g/mol. The zero-order valence-corrected chi connectivity index (χ0v) is 15.0. The topological polar surface area (TPSA) is 70.4 Å². The van der Waals surface area contributed by atoms with Gasteiger partial charge in [0.1, 0.15) is 17.5 Å². The lowest BCUT2D eigenvalue weighted by Crippen LogP contribution is -2.28. The quantitative estimate of drug-likeness (QED) is 0.773. The van der Waals surface area contributed by atoms with Crippen molar-refractivity contribution in [2.24, 2.45) is 5.92 Å². The minimum Gasteiger partial charge on any atom is -0.459 e. The fraction of sp³-hybridized carbons (Fsp3) is 0.588. The Labute approximate surface area is 144 Å². The Morgan fingerprint density at radius 1 is 1.54 bits per heavy atom. The molecule has 0 amide bonds. The monoisotopic (exact) mass is 350 g/mol. The van der Waals surface area contributed by atoms with Crippen LogP contribution >= 0.6 is 11.3 Å². The number of hydrogen-bond donors (Lipinski definition) is 0. The van der Waals surface area contributed by atoms with E-state index in [1.54, 1.807) is 25.4 Å². The summed E-state index contributed by atoms with van der Waals surface area (Å²) in [6, 6.07) is 0. The van der Waals surface area contributed by atoms with Gasteiger partial charge in [-0.05, 0) is 37.7 Å². The minimum absolute atomic E-state index is 0.128. The molecule has 24 heavy (non-hydrogen) atoms. The number of ether oxygens (including phenoxy) is 2. The van der Waals surface area contributed by atoms with Crippen molar-refractivity contribution in [1.29, 1.82) is 0 Å². The molecule has 7 heteroatoms. The van der Waals surface area contributed by atoms with E-state index in [2.05, 4.69) is 11.9 Å². The van der Waals surface area contributed by atoms with Crippen LogP contribution in [0.2, 0.25) is 0 Å². The molecule has 1 aliphatic carbocycles. The van der Waals surface area contributed by atoms with Crippen molar-refractivity contribution >= 4 is 27.5 Å². The van der Waals surface area contributed by atoms with Gasteiger partial charge in [0, 0.05) is 12.0 Å². The van der Waals surface area contributed by atoms with Gasteiger partial charge in [0.2, 0.25) is 0 Å². The van der Waals surface area contributed by atoms with E-state index >= 15 is 0 Å². The summed E-state index contributed by atoms with van der Waals surface area (Å²) >= 11 is 1.61. The first-order chi connectivity index (χ1) is 11.5. The van der Waals surface area contributed by atoms with Gasteiger partial charge in [-0.1, -0.05) is 6.92 Å². The molecule has 0 N–H and O–H groups in total. The molecule has 0 saturated carbocycles. The molecule has 0 spiro atoms. The molecule has 2 aromatic heterocycles. The number of rotatable bonds is 5. The first-order valence-electron chi connectivity index (χ1n) is 8.17. The highest BCUT2D eigenvalue weighted by atomic mass is 32.1. The lowest BCUT2D eigenvalue weighted by molar-refractivity contribution is -0.151. The van der Waals surface area contributed by atoms with E-state index in [0.29, 0.717) is 17.9 Å². The number of aromatic nitrogens is 2. The first kappa shape index (κ1) is 17.1.